The van der Waals surface area contributed by atoms with Gasteiger partial charge in [-0.1, -0.05) is 22.6 Å². The zero-order valence-electron chi connectivity index (χ0n) is 14.7. The van der Waals surface area contributed by atoms with Crippen molar-refractivity contribution in [1.82, 2.24) is 9.80 Å². The van der Waals surface area contributed by atoms with Crippen molar-refractivity contribution in [2.75, 3.05) is 67.7 Å². The predicted octanol–water partition coefficient (Wildman–Crippen LogP) is 2.40. The highest BCUT2D eigenvalue weighted by Crippen LogP contribution is 2.26. The van der Waals surface area contributed by atoms with Crippen LogP contribution in [0, 0.1) is 5.82 Å². The fourth-order valence-electron chi connectivity index (χ4n) is 3.69. The maximum absolute atomic E-state index is 14.1. The molecule has 0 unspecified atom stereocenters. The van der Waals surface area contributed by atoms with Gasteiger partial charge in [-0.05, 0) is 31.0 Å². The molecule has 2 saturated heterocycles. The van der Waals surface area contributed by atoms with Crippen LogP contribution in [0.1, 0.15) is 12.8 Å². The van der Waals surface area contributed by atoms with Crippen LogP contribution in [0.2, 0.25) is 0 Å². The predicted molar refractivity (Wildman–Crippen MR) is 109 cm³/mol. The van der Waals surface area contributed by atoms with Gasteiger partial charge in [0.2, 0.25) is 0 Å². The Morgan fingerprint density at radius 2 is 1.92 bits per heavy atom. The van der Waals surface area contributed by atoms with Crippen LogP contribution in [-0.2, 0) is 4.74 Å². The largest absolute Gasteiger partial charge is 0.399 e. The molecule has 0 aromatic heterocycles. The minimum absolute atomic E-state index is 0.212. The van der Waals surface area contributed by atoms with Crippen LogP contribution in [0.5, 0.6) is 0 Å². The van der Waals surface area contributed by atoms with E-state index < -0.39 is 0 Å². The summed E-state index contributed by atoms with van der Waals surface area (Å²) in [7, 11) is 0. The van der Waals surface area contributed by atoms with Crippen LogP contribution in [0.25, 0.3) is 0 Å². The molecule has 0 atom stereocenters. The Balaban J connectivity index is 1.49. The van der Waals surface area contributed by atoms with E-state index >= 15 is 0 Å². The van der Waals surface area contributed by atoms with Gasteiger partial charge in [-0.3, -0.25) is 9.80 Å². The Morgan fingerprint density at radius 1 is 1.20 bits per heavy atom. The molecule has 2 fully saturated rings. The van der Waals surface area contributed by atoms with Gasteiger partial charge in [0.15, 0.2) is 0 Å². The molecule has 1 aromatic carbocycles. The average Bonchev–Trinajstić information content (AvgIpc) is 2.64. The Bertz CT molecular complexity index is 548. The molecule has 0 saturated carbocycles. The quantitative estimate of drug-likeness (QED) is 0.305. The molecule has 2 aliphatic rings. The number of nitrogens with two attached hydrogens (primary N) is 1. The number of ether oxygens (including phenoxy) is 1. The SMILES string of the molecule is Nc1ccc(N2CCC(N(CI)CCN3CCOCC3)CC2)c(F)c1. The molecule has 1 aromatic rings. The van der Waals surface area contributed by atoms with Gasteiger partial charge in [0, 0.05) is 51.0 Å². The van der Waals surface area contributed by atoms with Crippen molar-refractivity contribution in [3.63, 3.8) is 0 Å². The Hall–Kier alpha value is -0.640. The van der Waals surface area contributed by atoms with Crippen molar-refractivity contribution < 1.29 is 9.13 Å². The van der Waals surface area contributed by atoms with E-state index in [0.717, 1.165) is 69.9 Å². The minimum Gasteiger partial charge on any atom is -0.399 e. The molecule has 2 N–H and O–H groups in total. The molecule has 2 heterocycles. The number of piperidine rings is 1. The first-order chi connectivity index (χ1) is 12.2. The van der Waals surface area contributed by atoms with Gasteiger partial charge < -0.3 is 15.4 Å². The summed E-state index contributed by atoms with van der Waals surface area (Å²) in [6.07, 6.45) is 2.16. The third-order valence-corrected chi connectivity index (χ3v) is 6.13. The molecular weight excluding hydrogens is 434 g/mol. The number of rotatable bonds is 6. The van der Waals surface area contributed by atoms with Crippen molar-refractivity contribution in [2.45, 2.75) is 18.9 Å². The Morgan fingerprint density at radius 3 is 2.56 bits per heavy atom. The molecule has 0 bridgehead atoms. The van der Waals surface area contributed by atoms with Crippen LogP contribution in [0.4, 0.5) is 15.8 Å². The number of anilines is 2. The molecule has 7 heteroatoms. The monoisotopic (exact) mass is 462 g/mol. The van der Waals surface area contributed by atoms with Crippen molar-refractivity contribution in [1.29, 1.82) is 0 Å². The van der Waals surface area contributed by atoms with Gasteiger partial charge in [0.1, 0.15) is 5.82 Å². The summed E-state index contributed by atoms with van der Waals surface area (Å²) in [6, 6.07) is 5.59. The minimum atomic E-state index is -0.212. The summed E-state index contributed by atoms with van der Waals surface area (Å²) < 4.78 is 20.6. The first kappa shape index (κ1) is 19.1. The summed E-state index contributed by atoms with van der Waals surface area (Å²) in [4.78, 5) is 7.22. The van der Waals surface area contributed by atoms with Gasteiger partial charge in [-0.15, -0.1) is 0 Å². The van der Waals surface area contributed by atoms with E-state index in [-0.39, 0.29) is 5.82 Å². The topological polar surface area (TPSA) is 45.0 Å². The van der Waals surface area contributed by atoms with Crippen LogP contribution >= 0.6 is 22.6 Å². The summed E-state index contributed by atoms with van der Waals surface area (Å²) in [5.74, 6) is -0.212. The lowest BCUT2D eigenvalue weighted by Gasteiger charge is -2.39. The van der Waals surface area contributed by atoms with E-state index in [4.69, 9.17) is 10.5 Å². The highest BCUT2D eigenvalue weighted by Gasteiger charge is 2.25. The maximum atomic E-state index is 14.1. The first-order valence-electron chi connectivity index (χ1n) is 9.07. The summed E-state index contributed by atoms with van der Waals surface area (Å²) in [5.41, 5.74) is 6.82. The smallest absolute Gasteiger partial charge is 0.148 e. The van der Waals surface area contributed by atoms with Gasteiger partial charge in [0.05, 0.1) is 23.5 Å². The second-order valence-corrected chi connectivity index (χ2v) is 7.50. The molecule has 0 amide bonds. The second-order valence-electron chi connectivity index (χ2n) is 6.81. The van der Waals surface area contributed by atoms with Crippen molar-refractivity contribution in [3.05, 3.63) is 24.0 Å². The fraction of sp³-hybridized carbons (Fsp3) is 0.667. The molecule has 3 rings (SSSR count). The first-order valence-corrected chi connectivity index (χ1v) is 10.6. The zero-order valence-corrected chi connectivity index (χ0v) is 16.8. The molecule has 25 heavy (non-hydrogen) atoms. The van der Waals surface area contributed by atoms with Crippen molar-refractivity contribution in [2.24, 2.45) is 0 Å². The van der Waals surface area contributed by atoms with E-state index in [1.165, 1.54) is 6.07 Å². The third kappa shape index (κ3) is 5.18. The highest BCUT2D eigenvalue weighted by molar-refractivity contribution is 14.1. The number of morpholine rings is 1. The third-order valence-electron chi connectivity index (χ3n) is 5.25. The summed E-state index contributed by atoms with van der Waals surface area (Å²) in [5, 5.41) is 0. The fourth-order valence-corrected chi connectivity index (χ4v) is 4.58. The molecule has 140 valence electrons. The van der Waals surface area contributed by atoms with E-state index in [2.05, 4.69) is 37.3 Å². The lowest BCUT2D eigenvalue weighted by Crippen LogP contribution is -2.48. The van der Waals surface area contributed by atoms with E-state index in [1.54, 1.807) is 12.1 Å². The maximum Gasteiger partial charge on any atom is 0.148 e. The number of nitrogens with zero attached hydrogens (tertiary/aromatic N) is 3. The standard InChI is InChI=1S/C18H28FIN4O/c19-17-13-15(21)1-2-18(17)23-5-3-16(4-6-23)24(14-20)8-7-22-9-11-25-12-10-22/h1-2,13,16H,3-12,14,21H2. The summed E-state index contributed by atoms with van der Waals surface area (Å²) in [6.45, 7) is 7.81. The number of hydrogen-bond donors (Lipinski definition) is 1. The number of nitrogen functional groups attached to an aromatic ring is 1. The van der Waals surface area contributed by atoms with Crippen LogP contribution < -0.4 is 10.6 Å². The summed E-state index contributed by atoms with van der Waals surface area (Å²) >= 11 is 2.47. The molecular formula is C18H28FIN4O. The Kier molecular flexibility index (Phi) is 7.15. The lowest BCUT2D eigenvalue weighted by atomic mass is 10.0. The number of halogens is 2. The van der Waals surface area contributed by atoms with Crippen LogP contribution in [0.15, 0.2) is 18.2 Å². The van der Waals surface area contributed by atoms with E-state index in [9.17, 15) is 4.39 Å². The Labute approximate surface area is 163 Å². The number of benzene rings is 1. The van der Waals surface area contributed by atoms with Crippen molar-refractivity contribution in [3.8, 4) is 0 Å². The molecule has 0 radical (unpaired) electrons. The van der Waals surface area contributed by atoms with Crippen molar-refractivity contribution >= 4 is 34.0 Å². The lowest BCUT2D eigenvalue weighted by molar-refractivity contribution is 0.0317. The second kappa shape index (κ2) is 9.34. The number of alkyl halides is 1. The average molecular weight is 462 g/mol. The number of hydrogen-bond acceptors (Lipinski definition) is 5. The molecule has 2 aliphatic heterocycles. The van der Waals surface area contributed by atoms with E-state index in [0.29, 0.717) is 17.4 Å². The normalized spacial score (nSPS) is 20.4. The van der Waals surface area contributed by atoms with Crippen LogP contribution in [0.3, 0.4) is 0 Å². The molecule has 0 aliphatic carbocycles. The molecule has 0 spiro atoms. The van der Waals surface area contributed by atoms with Crippen LogP contribution in [-0.4, -0.2) is 72.9 Å². The van der Waals surface area contributed by atoms with Gasteiger partial charge in [0.25, 0.3) is 0 Å². The van der Waals surface area contributed by atoms with Gasteiger partial charge >= 0.3 is 0 Å². The molecule has 5 nitrogen and oxygen atoms in total. The van der Waals surface area contributed by atoms with E-state index in [1.807, 2.05) is 0 Å². The highest BCUT2D eigenvalue weighted by atomic mass is 127. The zero-order chi connectivity index (χ0) is 17.6. The van der Waals surface area contributed by atoms with Gasteiger partial charge in [-0.2, -0.15) is 0 Å². The van der Waals surface area contributed by atoms with Gasteiger partial charge in [-0.25, -0.2) is 4.39 Å².